The summed E-state index contributed by atoms with van der Waals surface area (Å²) in [5.41, 5.74) is 0. The lowest BCUT2D eigenvalue weighted by molar-refractivity contribution is 0.131. The molecule has 0 saturated heterocycles. The molecule has 0 atom stereocenters. The van der Waals surface area contributed by atoms with Gasteiger partial charge in [-0.05, 0) is 12.8 Å². The number of hydrogen-bond acceptors (Lipinski definition) is 7. The molecule has 1 N–H and O–H groups in total. The molecule has 0 aromatic rings. The summed E-state index contributed by atoms with van der Waals surface area (Å²) in [7, 11) is -3.36. The Labute approximate surface area is 114 Å². The fraction of sp³-hybridized carbons (Fsp3) is 1.00. The van der Waals surface area contributed by atoms with Crippen molar-refractivity contribution in [2.24, 2.45) is 0 Å². The summed E-state index contributed by atoms with van der Waals surface area (Å²) in [6.45, 7) is 4.66. The fourth-order valence-corrected chi connectivity index (χ4v) is 1.87. The second-order valence-corrected chi connectivity index (χ2v) is 6.57. The van der Waals surface area contributed by atoms with E-state index in [0.29, 0.717) is 13.2 Å². The molecule has 0 spiro atoms. The van der Waals surface area contributed by atoms with E-state index >= 15 is 0 Å². The molecule has 0 rings (SSSR count). The molecule has 0 heterocycles. The Morgan fingerprint density at radius 1 is 0.842 bits per heavy atom. The number of rotatable bonds is 9. The van der Waals surface area contributed by atoms with Crippen LogP contribution >= 0.6 is 15.6 Å². The van der Waals surface area contributed by atoms with E-state index in [0.717, 1.165) is 27.1 Å². The Morgan fingerprint density at radius 2 is 1.21 bits per heavy atom. The molecule has 19 heavy (non-hydrogen) atoms. The highest BCUT2D eigenvalue weighted by Gasteiger charge is 2.23. The summed E-state index contributed by atoms with van der Waals surface area (Å²) >= 11 is 0. The highest BCUT2D eigenvalue weighted by molar-refractivity contribution is 7.48. The minimum Gasteiger partial charge on any atom is -0.303 e. The van der Waals surface area contributed by atoms with E-state index in [-0.39, 0.29) is 0 Å². The van der Waals surface area contributed by atoms with Crippen molar-refractivity contribution in [2.75, 3.05) is 34.5 Å². The predicted octanol–water partition coefficient (Wildman–Crippen LogP) is 2.97. The Hall–Kier alpha value is 0.220. The minimum atomic E-state index is -3.65. The van der Waals surface area contributed by atoms with Crippen LogP contribution in [0.3, 0.4) is 0 Å². The lowest BCUT2D eigenvalue weighted by Crippen LogP contribution is -1.99. The molecule has 0 aromatic carbocycles. The smallest absolute Gasteiger partial charge is 0.303 e. The quantitative estimate of drug-likeness (QED) is 0.647. The van der Waals surface area contributed by atoms with Crippen LogP contribution in [0.5, 0.6) is 0 Å². The van der Waals surface area contributed by atoms with Gasteiger partial charge in [-0.1, -0.05) is 13.8 Å². The van der Waals surface area contributed by atoms with Gasteiger partial charge in [0.15, 0.2) is 0 Å². The van der Waals surface area contributed by atoms with Crippen molar-refractivity contribution >= 4 is 15.6 Å². The van der Waals surface area contributed by atoms with Gasteiger partial charge in [-0.3, -0.25) is 22.6 Å². The molecular formula is C9H24O8P2. The molecule has 0 aromatic heterocycles. The van der Waals surface area contributed by atoms with E-state index in [2.05, 4.69) is 13.6 Å². The van der Waals surface area contributed by atoms with Gasteiger partial charge >= 0.3 is 15.6 Å². The van der Waals surface area contributed by atoms with Crippen molar-refractivity contribution in [1.29, 1.82) is 0 Å². The first-order valence-corrected chi connectivity index (χ1v) is 8.65. The molecule has 0 bridgehead atoms. The predicted molar refractivity (Wildman–Crippen MR) is 70.9 cm³/mol. The van der Waals surface area contributed by atoms with Crippen LogP contribution in [0, 0.1) is 0 Å². The second kappa shape index (κ2) is 12.0. The lowest BCUT2D eigenvalue weighted by atomic mass is 10.5. The molecule has 0 aliphatic rings. The van der Waals surface area contributed by atoms with Crippen molar-refractivity contribution in [2.45, 2.75) is 26.7 Å². The number of hydrogen-bond donors (Lipinski definition) is 1. The van der Waals surface area contributed by atoms with Crippen LogP contribution in [0.2, 0.25) is 0 Å². The van der Waals surface area contributed by atoms with Gasteiger partial charge in [-0.2, -0.15) is 0 Å². The van der Waals surface area contributed by atoms with Crippen molar-refractivity contribution < 1.29 is 36.6 Å². The summed E-state index contributed by atoms with van der Waals surface area (Å²) < 4.78 is 44.0. The van der Waals surface area contributed by atoms with Crippen LogP contribution in [0.1, 0.15) is 26.7 Å². The Morgan fingerprint density at radius 3 is 1.37 bits per heavy atom. The molecule has 8 nitrogen and oxygen atoms in total. The summed E-state index contributed by atoms with van der Waals surface area (Å²) in [5, 5.41) is 0. The molecule has 0 saturated carbocycles. The Balaban J connectivity index is 0. The third-order valence-electron chi connectivity index (χ3n) is 1.59. The van der Waals surface area contributed by atoms with E-state index in [1.165, 1.54) is 7.11 Å². The molecule has 0 aliphatic heterocycles. The molecule has 0 aliphatic carbocycles. The van der Waals surface area contributed by atoms with Crippen LogP contribution in [0.15, 0.2) is 0 Å². The zero-order valence-corrected chi connectivity index (χ0v) is 13.8. The summed E-state index contributed by atoms with van der Waals surface area (Å²) in [6.07, 6.45) is 1.59. The van der Waals surface area contributed by atoms with Gasteiger partial charge in [0, 0.05) is 21.3 Å². The molecule has 0 fully saturated rings. The first kappa shape index (κ1) is 21.5. The second-order valence-electron chi connectivity index (χ2n) is 3.13. The van der Waals surface area contributed by atoms with Gasteiger partial charge in [-0.25, -0.2) is 9.13 Å². The maximum Gasteiger partial charge on any atom is 0.474 e. The van der Waals surface area contributed by atoms with Gasteiger partial charge in [0.2, 0.25) is 0 Å². The summed E-state index contributed by atoms with van der Waals surface area (Å²) in [5.74, 6) is 0. The standard InChI is InChI=1S/C7H17O4P.C2H7O4P/c1-4-6-10-12(8,9-3)11-7-5-2;1-5-7(3,4)6-2/h4-7H2,1-3H3;1-2H3,(H,3,4). The maximum absolute atomic E-state index is 11.4. The molecule has 0 amide bonds. The van der Waals surface area contributed by atoms with Gasteiger partial charge in [0.25, 0.3) is 0 Å². The van der Waals surface area contributed by atoms with Crippen LogP contribution in [0.4, 0.5) is 0 Å². The molecule has 0 unspecified atom stereocenters. The van der Waals surface area contributed by atoms with E-state index < -0.39 is 15.6 Å². The number of phosphoric ester groups is 2. The van der Waals surface area contributed by atoms with Crippen molar-refractivity contribution in [1.82, 2.24) is 0 Å². The van der Waals surface area contributed by atoms with E-state index in [1.807, 2.05) is 13.8 Å². The average Bonchev–Trinajstić information content (AvgIpc) is 2.43. The fourth-order valence-electron chi connectivity index (χ4n) is 0.623. The van der Waals surface area contributed by atoms with Gasteiger partial charge in [-0.15, -0.1) is 0 Å². The van der Waals surface area contributed by atoms with Gasteiger partial charge in [0.05, 0.1) is 13.2 Å². The summed E-state index contributed by atoms with van der Waals surface area (Å²) in [6, 6.07) is 0. The van der Waals surface area contributed by atoms with Crippen LogP contribution in [-0.4, -0.2) is 39.4 Å². The molecule has 0 radical (unpaired) electrons. The average molecular weight is 322 g/mol. The Kier molecular flexibility index (Phi) is 13.6. The number of phosphoric acid groups is 2. The highest BCUT2D eigenvalue weighted by atomic mass is 31.2. The normalized spacial score (nSPS) is 11.9. The first-order chi connectivity index (χ1) is 8.80. The monoisotopic (exact) mass is 322 g/mol. The zero-order chi connectivity index (χ0) is 15.4. The molecular weight excluding hydrogens is 298 g/mol. The van der Waals surface area contributed by atoms with Crippen LogP contribution < -0.4 is 0 Å². The zero-order valence-electron chi connectivity index (χ0n) is 12.0. The third-order valence-corrected chi connectivity index (χ3v) is 3.96. The molecule has 118 valence electrons. The van der Waals surface area contributed by atoms with Crippen LogP contribution in [0.25, 0.3) is 0 Å². The first-order valence-electron chi connectivity index (χ1n) is 5.69. The highest BCUT2D eigenvalue weighted by Crippen LogP contribution is 2.48. The van der Waals surface area contributed by atoms with Crippen LogP contribution in [-0.2, 0) is 31.7 Å². The Bertz CT molecular complexity index is 276. The largest absolute Gasteiger partial charge is 0.474 e. The lowest BCUT2D eigenvalue weighted by Gasteiger charge is -2.14. The molecule has 10 heteroatoms. The van der Waals surface area contributed by atoms with E-state index in [9.17, 15) is 9.13 Å². The maximum atomic E-state index is 11.4. The van der Waals surface area contributed by atoms with E-state index in [4.69, 9.17) is 13.9 Å². The minimum absolute atomic E-state index is 0.398. The van der Waals surface area contributed by atoms with E-state index in [1.54, 1.807) is 0 Å². The topological polar surface area (TPSA) is 101 Å². The SMILES string of the molecule is CCCOP(=O)(OC)OCCC.COP(=O)(O)OC. The van der Waals surface area contributed by atoms with Gasteiger partial charge in [0.1, 0.15) is 0 Å². The van der Waals surface area contributed by atoms with Crippen molar-refractivity contribution in [3.05, 3.63) is 0 Å². The van der Waals surface area contributed by atoms with Crippen molar-refractivity contribution in [3.8, 4) is 0 Å². The van der Waals surface area contributed by atoms with Gasteiger partial charge < -0.3 is 4.89 Å². The van der Waals surface area contributed by atoms with Crippen molar-refractivity contribution in [3.63, 3.8) is 0 Å². The summed E-state index contributed by atoms with van der Waals surface area (Å²) in [4.78, 5) is 8.24. The third kappa shape index (κ3) is 13.0.